The Bertz CT molecular complexity index is 347. The van der Waals surface area contributed by atoms with Crippen molar-refractivity contribution in [3.63, 3.8) is 0 Å². The normalized spacial score (nSPS) is 11.1. The summed E-state index contributed by atoms with van der Waals surface area (Å²) in [6.07, 6.45) is 1.76. The van der Waals surface area contributed by atoms with Gasteiger partial charge in [0, 0.05) is 30.8 Å². The van der Waals surface area contributed by atoms with Gasteiger partial charge in [-0.3, -0.25) is 4.79 Å². The molecule has 1 atom stereocenters. The zero-order valence-corrected chi connectivity index (χ0v) is 13.1. The van der Waals surface area contributed by atoms with Crippen LogP contribution in [0.15, 0.2) is 5.38 Å². The fraction of sp³-hybridized carbons (Fsp3) is 0.636. The summed E-state index contributed by atoms with van der Waals surface area (Å²) in [6.45, 7) is 4.94. The zero-order valence-electron chi connectivity index (χ0n) is 10.6. The van der Waals surface area contributed by atoms with Crippen LogP contribution in [0.1, 0.15) is 24.5 Å². The Balaban J connectivity index is 0. The number of amides is 1. The highest BCUT2D eigenvalue weighted by Crippen LogP contribution is 2.10. The smallest absolute Gasteiger partial charge is 0.224 e. The summed E-state index contributed by atoms with van der Waals surface area (Å²) >= 11 is 1.68. The second-order valence-electron chi connectivity index (χ2n) is 3.76. The molecule has 106 valence electrons. The lowest BCUT2D eigenvalue weighted by Gasteiger charge is -2.08. The molecule has 0 aliphatic carbocycles. The van der Waals surface area contributed by atoms with Crippen LogP contribution in [0.25, 0.3) is 0 Å². The quantitative estimate of drug-likeness (QED) is 0.841. The standard InChI is InChI=1S/C11H19N3OS.2ClH/c1-3-10-14-9(7-16-10)4-5-13-11(15)8(2)6-12;;/h7-8H,3-6,12H2,1-2H3,(H,13,15);2*1H. The van der Waals surface area contributed by atoms with Crippen LogP contribution in [0.4, 0.5) is 0 Å². The summed E-state index contributed by atoms with van der Waals surface area (Å²) in [7, 11) is 0. The molecule has 0 aliphatic rings. The van der Waals surface area contributed by atoms with E-state index in [1.807, 2.05) is 6.92 Å². The average molecular weight is 314 g/mol. The average Bonchev–Trinajstić information content (AvgIpc) is 2.75. The van der Waals surface area contributed by atoms with Crippen LogP contribution in [0.5, 0.6) is 0 Å². The Morgan fingerprint density at radius 3 is 2.72 bits per heavy atom. The maximum absolute atomic E-state index is 11.4. The van der Waals surface area contributed by atoms with Crippen molar-refractivity contribution in [2.75, 3.05) is 13.1 Å². The van der Waals surface area contributed by atoms with E-state index in [0.717, 1.165) is 23.5 Å². The van der Waals surface area contributed by atoms with Gasteiger partial charge >= 0.3 is 0 Å². The fourth-order valence-corrected chi connectivity index (χ4v) is 2.00. The number of aromatic nitrogens is 1. The van der Waals surface area contributed by atoms with Gasteiger partial charge in [0.25, 0.3) is 0 Å². The van der Waals surface area contributed by atoms with Gasteiger partial charge in [0.1, 0.15) is 0 Å². The molecule has 1 aromatic rings. The highest BCUT2D eigenvalue weighted by Gasteiger charge is 2.09. The van der Waals surface area contributed by atoms with Gasteiger partial charge in [-0.1, -0.05) is 13.8 Å². The molecule has 0 fully saturated rings. The van der Waals surface area contributed by atoms with Crippen LogP contribution in [0, 0.1) is 5.92 Å². The van der Waals surface area contributed by atoms with Crippen molar-refractivity contribution in [1.82, 2.24) is 10.3 Å². The lowest BCUT2D eigenvalue weighted by atomic mass is 10.1. The van der Waals surface area contributed by atoms with Crippen LogP contribution in [-0.2, 0) is 17.6 Å². The molecule has 0 aliphatic heterocycles. The summed E-state index contributed by atoms with van der Waals surface area (Å²) in [5.41, 5.74) is 6.46. The van der Waals surface area contributed by atoms with Crippen molar-refractivity contribution in [2.45, 2.75) is 26.7 Å². The molecule has 0 radical (unpaired) electrons. The van der Waals surface area contributed by atoms with Crippen molar-refractivity contribution in [3.8, 4) is 0 Å². The molecule has 1 heterocycles. The number of rotatable bonds is 6. The molecule has 1 amide bonds. The summed E-state index contributed by atoms with van der Waals surface area (Å²) in [4.78, 5) is 15.8. The molecule has 1 aromatic heterocycles. The first kappa shape index (κ1) is 20.0. The van der Waals surface area contributed by atoms with Gasteiger partial charge in [-0.15, -0.1) is 36.2 Å². The van der Waals surface area contributed by atoms with E-state index >= 15 is 0 Å². The van der Waals surface area contributed by atoms with Crippen LogP contribution >= 0.6 is 36.2 Å². The van der Waals surface area contributed by atoms with E-state index in [0.29, 0.717) is 13.1 Å². The molecular weight excluding hydrogens is 293 g/mol. The summed E-state index contributed by atoms with van der Waals surface area (Å²) in [5.74, 6) is -0.0879. The van der Waals surface area contributed by atoms with E-state index in [2.05, 4.69) is 22.6 Å². The van der Waals surface area contributed by atoms with E-state index in [-0.39, 0.29) is 36.6 Å². The van der Waals surface area contributed by atoms with Crippen molar-refractivity contribution < 1.29 is 4.79 Å². The number of halogens is 2. The Morgan fingerprint density at radius 1 is 1.56 bits per heavy atom. The Labute approximate surface area is 125 Å². The van der Waals surface area contributed by atoms with E-state index in [1.165, 1.54) is 0 Å². The van der Waals surface area contributed by atoms with Gasteiger partial charge in [-0.05, 0) is 6.42 Å². The number of nitrogens with two attached hydrogens (primary N) is 1. The highest BCUT2D eigenvalue weighted by molar-refractivity contribution is 7.09. The first-order valence-electron chi connectivity index (χ1n) is 5.58. The third-order valence-corrected chi connectivity index (χ3v) is 3.43. The Hall–Kier alpha value is -0.360. The first-order chi connectivity index (χ1) is 7.67. The van der Waals surface area contributed by atoms with Gasteiger partial charge in [0.2, 0.25) is 5.91 Å². The van der Waals surface area contributed by atoms with E-state index in [4.69, 9.17) is 5.73 Å². The number of hydrogen-bond donors (Lipinski definition) is 2. The van der Waals surface area contributed by atoms with Gasteiger partial charge < -0.3 is 11.1 Å². The third kappa shape index (κ3) is 6.54. The molecule has 7 heteroatoms. The summed E-state index contributed by atoms with van der Waals surface area (Å²) < 4.78 is 0. The minimum atomic E-state index is -0.110. The largest absolute Gasteiger partial charge is 0.355 e. The molecular formula is C11H21Cl2N3OS. The predicted molar refractivity (Wildman–Crippen MR) is 80.9 cm³/mol. The molecule has 0 bridgehead atoms. The molecule has 4 nitrogen and oxygen atoms in total. The zero-order chi connectivity index (χ0) is 12.0. The number of hydrogen-bond acceptors (Lipinski definition) is 4. The minimum absolute atomic E-state index is 0. The molecule has 0 spiro atoms. The number of nitrogens with one attached hydrogen (secondary N) is 1. The van der Waals surface area contributed by atoms with Crippen LogP contribution in [-0.4, -0.2) is 24.0 Å². The fourth-order valence-electron chi connectivity index (χ4n) is 1.22. The van der Waals surface area contributed by atoms with E-state index in [9.17, 15) is 4.79 Å². The maximum atomic E-state index is 11.4. The number of aryl methyl sites for hydroxylation is 1. The Morgan fingerprint density at radius 2 is 2.22 bits per heavy atom. The molecule has 0 saturated carbocycles. The Kier molecular flexibility index (Phi) is 11.7. The van der Waals surface area contributed by atoms with Crippen LogP contribution < -0.4 is 11.1 Å². The second-order valence-corrected chi connectivity index (χ2v) is 4.71. The van der Waals surface area contributed by atoms with Crippen LogP contribution in [0.3, 0.4) is 0 Å². The summed E-state index contributed by atoms with van der Waals surface area (Å²) in [6, 6.07) is 0. The van der Waals surface area contributed by atoms with Gasteiger partial charge in [0.05, 0.1) is 10.7 Å². The minimum Gasteiger partial charge on any atom is -0.355 e. The molecule has 18 heavy (non-hydrogen) atoms. The van der Waals surface area contributed by atoms with E-state index in [1.54, 1.807) is 11.3 Å². The van der Waals surface area contributed by atoms with E-state index < -0.39 is 0 Å². The molecule has 1 rings (SSSR count). The van der Waals surface area contributed by atoms with Crippen molar-refractivity contribution in [2.24, 2.45) is 11.7 Å². The van der Waals surface area contributed by atoms with Crippen molar-refractivity contribution in [3.05, 3.63) is 16.1 Å². The van der Waals surface area contributed by atoms with Gasteiger partial charge in [0.15, 0.2) is 0 Å². The molecule has 0 saturated heterocycles. The number of carbonyl (C=O) groups is 1. The number of thiazole rings is 1. The van der Waals surface area contributed by atoms with Crippen molar-refractivity contribution in [1.29, 1.82) is 0 Å². The second kappa shape index (κ2) is 10.6. The third-order valence-electron chi connectivity index (χ3n) is 2.38. The SMILES string of the molecule is CCc1nc(CCNC(=O)C(C)CN)cs1.Cl.Cl. The molecule has 3 N–H and O–H groups in total. The molecule has 0 aromatic carbocycles. The monoisotopic (exact) mass is 313 g/mol. The van der Waals surface area contributed by atoms with Crippen LogP contribution in [0.2, 0.25) is 0 Å². The van der Waals surface area contributed by atoms with Crippen molar-refractivity contribution >= 4 is 42.1 Å². The summed E-state index contributed by atoms with van der Waals surface area (Å²) in [5, 5.41) is 6.06. The molecule has 1 unspecified atom stereocenters. The maximum Gasteiger partial charge on any atom is 0.224 e. The lowest BCUT2D eigenvalue weighted by molar-refractivity contribution is -0.124. The number of nitrogens with zero attached hydrogens (tertiary/aromatic N) is 1. The lowest BCUT2D eigenvalue weighted by Crippen LogP contribution is -2.34. The first-order valence-corrected chi connectivity index (χ1v) is 6.46. The highest BCUT2D eigenvalue weighted by atomic mass is 35.5. The van der Waals surface area contributed by atoms with Gasteiger partial charge in [-0.25, -0.2) is 4.98 Å². The number of carbonyl (C=O) groups excluding carboxylic acids is 1. The topological polar surface area (TPSA) is 68.0 Å². The predicted octanol–water partition coefficient (Wildman–Crippen LogP) is 1.80. The van der Waals surface area contributed by atoms with Gasteiger partial charge in [-0.2, -0.15) is 0 Å².